The van der Waals surface area contributed by atoms with Crippen molar-refractivity contribution in [2.24, 2.45) is 11.8 Å². The van der Waals surface area contributed by atoms with Crippen LogP contribution in [0, 0.1) is 11.8 Å². The summed E-state index contributed by atoms with van der Waals surface area (Å²) in [5.74, 6) is 0.541. The first-order valence-electron chi connectivity index (χ1n) is 9.36. The highest BCUT2D eigenvalue weighted by atomic mass is 32.2. The van der Waals surface area contributed by atoms with Gasteiger partial charge in [-0.3, -0.25) is 4.79 Å². The molecular formula is C22H26O2S2. The Hall–Kier alpha value is -1.23. The molecular weight excluding hydrogens is 360 g/mol. The number of aliphatic hydroxyl groups excluding tert-OH is 1. The van der Waals surface area contributed by atoms with E-state index in [-0.39, 0.29) is 17.0 Å². The Labute approximate surface area is 164 Å². The molecule has 0 unspecified atom stereocenters. The van der Waals surface area contributed by atoms with E-state index in [4.69, 9.17) is 0 Å². The monoisotopic (exact) mass is 386 g/mol. The van der Waals surface area contributed by atoms with Crippen molar-refractivity contribution in [3.05, 3.63) is 60.7 Å². The van der Waals surface area contributed by atoms with E-state index in [1.807, 2.05) is 48.5 Å². The zero-order valence-electron chi connectivity index (χ0n) is 14.9. The van der Waals surface area contributed by atoms with Crippen LogP contribution in [0.5, 0.6) is 0 Å². The van der Waals surface area contributed by atoms with Crippen molar-refractivity contribution < 1.29 is 9.90 Å². The first-order chi connectivity index (χ1) is 12.7. The van der Waals surface area contributed by atoms with Gasteiger partial charge < -0.3 is 5.11 Å². The first kappa shape index (κ1) is 19.5. The molecule has 0 radical (unpaired) electrons. The highest BCUT2D eigenvalue weighted by molar-refractivity contribution is 8.13. The van der Waals surface area contributed by atoms with Crippen molar-refractivity contribution in [1.82, 2.24) is 0 Å². The molecule has 1 saturated carbocycles. The molecule has 0 aliphatic heterocycles. The van der Waals surface area contributed by atoms with E-state index < -0.39 is 6.10 Å². The second-order valence-corrected chi connectivity index (χ2v) is 9.02. The lowest BCUT2D eigenvalue weighted by atomic mass is 9.81. The fraction of sp³-hybridized carbons (Fsp3) is 0.409. The molecule has 1 N–H and O–H groups in total. The molecule has 3 rings (SSSR count). The number of aliphatic hydroxyl groups is 1. The van der Waals surface area contributed by atoms with Crippen molar-refractivity contribution in [2.75, 3.05) is 5.75 Å². The highest BCUT2D eigenvalue weighted by Gasteiger charge is 2.34. The number of hydrogen-bond donors (Lipinski definition) is 1. The van der Waals surface area contributed by atoms with E-state index in [1.165, 1.54) is 31.0 Å². The van der Waals surface area contributed by atoms with Crippen molar-refractivity contribution in [2.45, 2.75) is 48.0 Å². The molecule has 1 aliphatic rings. The molecule has 2 aromatic carbocycles. The first-order valence-corrected chi connectivity index (χ1v) is 11.2. The second-order valence-electron chi connectivity index (χ2n) is 6.85. The molecule has 26 heavy (non-hydrogen) atoms. The summed E-state index contributed by atoms with van der Waals surface area (Å²) in [4.78, 5) is 15.1. The van der Waals surface area contributed by atoms with Crippen molar-refractivity contribution in [3.63, 3.8) is 0 Å². The third-order valence-electron chi connectivity index (χ3n) is 4.98. The summed E-state index contributed by atoms with van der Waals surface area (Å²) < 4.78 is 0. The molecule has 0 amide bonds. The lowest BCUT2D eigenvalue weighted by Crippen LogP contribution is -2.36. The molecule has 0 bridgehead atoms. The highest BCUT2D eigenvalue weighted by Crippen LogP contribution is 2.35. The molecule has 0 heterocycles. The minimum Gasteiger partial charge on any atom is -0.392 e. The largest absolute Gasteiger partial charge is 0.392 e. The summed E-state index contributed by atoms with van der Waals surface area (Å²) in [5, 5.41) is 11.1. The number of rotatable bonds is 7. The van der Waals surface area contributed by atoms with Crippen LogP contribution in [-0.4, -0.2) is 22.1 Å². The number of hydrogen-bond acceptors (Lipinski definition) is 4. The lowest BCUT2D eigenvalue weighted by molar-refractivity contribution is -0.118. The van der Waals surface area contributed by atoms with E-state index in [0.717, 1.165) is 22.6 Å². The third kappa shape index (κ3) is 5.63. The van der Waals surface area contributed by atoms with Gasteiger partial charge in [0.1, 0.15) is 0 Å². The molecule has 0 aromatic heterocycles. The zero-order valence-corrected chi connectivity index (χ0v) is 16.6. The van der Waals surface area contributed by atoms with Gasteiger partial charge >= 0.3 is 0 Å². The van der Waals surface area contributed by atoms with Crippen LogP contribution in [0.3, 0.4) is 0 Å². The average Bonchev–Trinajstić information content (AvgIpc) is 2.70. The van der Waals surface area contributed by atoms with Crippen molar-refractivity contribution in [1.29, 1.82) is 0 Å². The van der Waals surface area contributed by atoms with Gasteiger partial charge in [-0.2, -0.15) is 0 Å². The Kier molecular flexibility index (Phi) is 7.66. The maximum Gasteiger partial charge on any atom is 0.200 e. The van der Waals surface area contributed by atoms with Crippen LogP contribution >= 0.6 is 23.5 Å². The van der Waals surface area contributed by atoms with Gasteiger partial charge in [-0.1, -0.05) is 67.4 Å². The summed E-state index contributed by atoms with van der Waals surface area (Å²) >= 11 is 2.93. The van der Waals surface area contributed by atoms with Gasteiger partial charge in [-0.15, -0.1) is 11.8 Å². The SMILES string of the molecule is O=C(Sc1ccccc1)[C@@H](CSc1ccccc1)[C@H](O)C1CCCCC1. The van der Waals surface area contributed by atoms with Crippen LogP contribution in [0.25, 0.3) is 0 Å². The Morgan fingerprint density at radius 2 is 1.50 bits per heavy atom. The summed E-state index contributed by atoms with van der Waals surface area (Å²) in [6, 6.07) is 19.9. The fourth-order valence-corrected chi connectivity index (χ4v) is 5.57. The maximum absolute atomic E-state index is 13.0. The van der Waals surface area contributed by atoms with Gasteiger partial charge in [0.25, 0.3) is 0 Å². The van der Waals surface area contributed by atoms with Crippen LogP contribution < -0.4 is 0 Å². The molecule has 2 atom stereocenters. The molecule has 0 spiro atoms. The third-order valence-corrected chi connectivity index (χ3v) is 7.13. The molecule has 138 valence electrons. The summed E-state index contributed by atoms with van der Waals surface area (Å²) in [7, 11) is 0. The smallest absolute Gasteiger partial charge is 0.200 e. The van der Waals surface area contributed by atoms with E-state index in [2.05, 4.69) is 12.1 Å². The minimum atomic E-state index is -0.546. The van der Waals surface area contributed by atoms with Crippen LogP contribution in [0.4, 0.5) is 0 Å². The fourth-order valence-electron chi connectivity index (χ4n) is 3.49. The van der Waals surface area contributed by atoms with Gasteiger partial charge in [0, 0.05) is 15.5 Å². The molecule has 2 aromatic rings. The standard InChI is InChI=1S/C22H26O2S2/c23-21(17-10-4-1-5-11-17)20(16-25-18-12-6-2-7-13-18)22(24)26-19-14-8-3-9-15-19/h2-3,6-9,12-15,17,20-21,23H,1,4-5,10-11,16H2/t20-,21+/m0/s1. The Balaban J connectivity index is 1.70. The predicted octanol–water partition coefficient (Wildman–Crippen LogP) is 5.66. The Morgan fingerprint density at radius 1 is 0.923 bits per heavy atom. The average molecular weight is 387 g/mol. The molecule has 4 heteroatoms. The van der Waals surface area contributed by atoms with Crippen molar-refractivity contribution in [3.8, 4) is 0 Å². The van der Waals surface area contributed by atoms with E-state index >= 15 is 0 Å². The normalized spacial score (nSPS) is 17.6. The summed E-state index contributed by atoms with van der Waals surface area (Å²) in [6.07, 6.45) is 5.11. The van der Waals surface area contributed by atoms with E-state index in [1.54, 1.807) is 11.8 Å². The molecule has 0 saturated heterocycles. The number of benzene rings is 2. The second kappa shape index (κ2) is 10.2. The predicted molar refractivity (Wildman–Crippen MR) is 111 cm³/mol. The Morgan fingerprint density at radius 3 is 2.12 bits per heavy atom. The zero-order chi connectivity index (χ0) is 18.2. The van der Waals surface area contributed by atoms with Crippen LogP contribution in [-0.2, 0) is 4.79 Å². The molecule has 2 nitrogen and oxygen atoms in total. The van der Waals surface area contributed by atoms with Crippen LogP contribution in [0.2, 0.25) is 0 Å². The summed E-state index contributed by atoms with van der Waals surface area (Å²) in [5.41, 5.74) is 0. The van der Waals surface area contributed by atoms with E-state index in [9.17, 15) is 9.90 Å². The van der Waals surface area contributed by atoms with Gasteiger partial charge in [0.15, 0.2) is 5.12 Å². The summed E-state index contributed by atoms with van der Waals surface area (Å²) in [6.45, 7) is 0. The quantitative estimate of drug-likeness (QED) is 0.624. The minimum absolute atomic E-state index is 0.0812. The number of thioether (sulfide) groups is 2. The van der Waals surface area contributed by atoms with Crippen LogP contribution in [0.15, 0.2) is 70.5 Å². The topological polar surface area (TPSA) is 37.3 Å². The van der Waals surface area contributed by atoms with Gasteiger partial charge in [-0.25, -0.2) is 0 Å². The van der Waals surface area contributed by atoms with E-state index in [0.29, 0.717) is 5.75 Å². The maximum atomic E-state index is 13.0. The molecule has 1 fully saturated rings. The van der Waals surface area contributed by atoms with Crippen molar-refractivity contribution >= 4 is 28.6 Å². The number of carbonyl (C=O) groups is 1. The number of carbonyl (C=O) groups excluding carboxylic acids is 1. The Bertz CT molecular complexity index is 669. The van der Waals surface area contributed by atoms with Gasteiger partial charge in [0.2, 0.25) is 0 Å². The lowest BCUT2D eigenvalue weighted by Gasteiger charge is -2.31. The van der Waals surface area contributed by atoms with Gasteiger partial charge in [0.05, 0.1) is 12.0 Å². The van der Waals surface area contributed by atoms with Gasteiger partial charge in [-0.05, 0) is 43.0 Å². The van der Waals surface area contributed by atoms with Crippen LogP contribution in [0.1, 0.15) is 32.1 Å². The molecule has 1 aliphatic carbocycles.